The van der Waals surface area contributed by atoms with Gasteiger partial charge in [-0.1, -0.05) is 38.8 Å². The van der Waals surface area contributed by atoms with Gasteiger partial charge in [-0.15, -0.1) is 0 Å². The summed E-state index contributed by atoms with van der Waals surface area (Å²) in [7, 11) is 0. The Bertz CT molecular complexity index is 345. The van der Waals surface area contributed by atoms with Crippen LogP contribution in [0.5, 0.6) is 0 Å². The summed E-state index contributed by atoms with van der Waals surface area (Å²) in [5, 5.41) is 0. The quantitative estimate of drug-likeness (QED) is 0.608. The number of halogens is 2. The minimum Gasteiger partial charge on any atom is -0.293 e. The third-order valence-corrected chi connectivity index (χ3v) is 2.89. The molecule has 1 rings (SSSR count). The Balaban J connectivity index is 3.09. The number of hydrogen-bond acceptors (Lipinski definition) is 1. The summed E-state index contributed by atoms with van der Waals surface area (Å²) in [6, 6.07) is 5.85. The van der Waals surface area contributed by atoms with Crippen molar-refractivity contribution in [3.63, 3.8) is 0 Å². The van der Waals surface area contributed by atoms with E-state index in [2.05, 4.69) is 38.8 Å². The number of Topliss-reactive ketones (excluding diaryl/α,β-unsaturated/α-hetero) is 1. The molecule has 0 amide bonds. The maximum Gasteiger partial charge on any atom is 0.176 e. The summed E-state index contributed by atoms with van der Waals surface area (Å²) in [4.78, 5) is 11.6. The van der Waals surface area contributed by atoms with E-state index in [1.165, 1.54) is 5.56 Å². The average Bonchev–Trinajstić information content (AvgIpc) is 2.15. The van der Waals surface area contributed by atoms with Gasteiger partial charge in [-0.05, 0) is 37.1 Å². The van der Waals surface area contributed by atoms with Gasteiger partial charge >= 0.3 is 0 Å². The third-order valence-electron chi connectivity index (χ3n) is 2.01. The molecule has 0 aliphatic heterocycles. The monoisotopic (exact) mass is 318 g/mol. The molecule has 76 valence electrons. The maximum absolute atomic E-state index is 11.7. The molecule has 0 saturated heterocycles. The number of benzene rings is 1. The van der Waals surface area contributed by atoms with Gasteiger partial charge in [-0.25, -0.2) is 0 Å². The predicted molar refractivity (Wildman–Crippen MR) is 66.2 cm³/mol. The number of carbonyl (C=O) groups excluding carboxylic acids is 1. The number of rotatable bonds is 3. The van der Waals surface area contributed by atoms with Crippen LogP contribution in [0.3, 0.4) is 0 Å². The first-order valence-electron chi connectivity index (χ1n) is 4.52. The lowest BCUT2D eigenvalue weighted by Gasteiger charge is -2.06. The molecule has 0 aromatic heterocycles. The number of alkyl halides is 1. The van der Waals surface area contributed by atoms with Crippen molar-refractivity contribution >= 4 is 37.6 Å². The molecule has 1 nitrogen and oxygen atoms in total. The number of carbonyl (C=O) groups is 1. The predicted octanol–water partition coefficient (Wildman–Crippen LogP) is 3.98. The number of ketones is 1. The van der Waals surface area contributed by atoms with Crippen molar-refractivity contribution in [2.45, 2.75) is 25.1 Å². The highest BCUT2D eigenvalue weighted by molar-refractivity contribution is 9.10. The second-order valence-corrected chi connectivity index (χ2v) is 5.47. The van der Waals surface area contributed by atoms with E-state index in [0.717, 1.165) is 16.5 Å². The van der Waals surface area contributed by atoms with Gasteiger partial charge in [0, 0.05) is 10.0 Å². The van der Waals surface area contributed by atoms with Crippen molar-refractivity contribution in [3.8, 4) is 0 Å². The zero-order valence-electron chi connectivity index (χ0n) is 8.18. The van der Waals surface area contributed by atoms with Crippen LogP contribution in [-0.2, 0) is 6.42 Å². The molecule has 0 aliphatic carbocycles. The van der Waals surface area contributed by atoms with Crippen LogP contribution in [0.2, 0.25) is 0 Å². The van der Waals surface area contributed by atoms with Gasteiger partial charge in [0.15, 0.2) is 5.78 Å². The molecule has 1 unspecified atom stereocenters. The van der Waals surface area contributed by atoms with Crippen LogP contribution in [0, 0.1) is 0 Å². The van der Waals surface area contributed by atoms with Gasteiger partial charge in [0.05, 0.1) is 4.83 Å². The molecule has 0 fully saturated rings. The van der Waals surface area contributed by atoms with Gasteiger partial charge < -0.3 is 0 Å². The number of aryl methyl sites for hydroxylation is 1. The molecule has 0 N–H and O–H groups in total. The van der Waals surface area contributed by atoms with Crippen LogP contribution in [0.4, 0.5) is 0 Å². The summed E-state index contributed by atoms with van der Waals surface area (Å²) in [6.45, 7) is 3.92. The molecule has 0 aliphatic rings. The molecule has 0 saturated carbocycles. The van der Waals surface area contributed by atoms with Crippen LogP contribution < -0.4 is 0 Å². The van der Waals surface area contributed by atoms with Gasteiger partial charge in [-0.2, -0.15) is 0 Å². The van der Waals surface area contributed by atoms with E-state index < -0.39 is 0 Å². The smallest absolute Gasteiger partial charge is 0.176 e. The Kier molecular flexibility index (Phi) is 4.32. The zero-order valence-corrected chi connectivity index (χ0v) is 11.4. The first kappa shape index (κ1) is 11.9. The Morgan fingerprint density at radius 1 is 1.43 bits per heavy atom. The first-order chi connectivity index (χ1) is 6.54. The highest BCUT2D eigenvalue weighted by Gasteiger charge is 2.12. The highest BCUT2D eigenvalue weighted by atomic mass is 79.9. The summed E-state index contributed by atoms with van der Waals surface area (Å²) >= 11 is 6.69. The van der Waals surface area contributed by atoms with E-state index in [1.54, 1.807) is 0 Å². The van der Waals surface area contributed by atoms with E-state index >= 15 is 0 Å². The van der Waals surface area contributed by atoms with E-state index in [1.807, 2.05) is 25.1 Å². The summed E-state index contributed by atoms with van der Waals surface area (Å²) in [5.74, 6) is 0.126. The molecule has 0 spiro atoms. The number of hydrogen-bond donors (Lipinski definition) is 0. The normalized spacial score (nSPS) is 12.6. The van der Waals surface area contributed by atoms with Crippen LogP contribution >= 0.6 is 31.9 Å². The van der Waals surface area contributed by atoms with Crippen molar-refractivity contribution in [1.82, 2.24) is 0 Å². The third kappa shape index (κ3) is 2.92. The fourth-order valence-corrected chi connectivity index (χ4v) is 2.03. The van der Waals surface area contributed by atoms with Gasteiger partial charge in [0.1, 0.15) is 0 Å². The maximum atomic E-state index is 11.7. The Morgan fingerprint density at radius 2 is 2.07 bits per heavy atom. The topological polar surface area (TPSA) is 17.1 Å². The second-order valence-electron chi connectivity index (χ2n) is 3.18. The summed E-state index contributed by atoms with van der Waals surface area (Å²) in [6.07, 6.45) is 0.941. The van der Waals surface area contributed by atoms with E-state index in [0.29, 0.717) is 0 Å². The van der Waals surface area contributed by atoms with Gasteiger partial charge in [0.25, 0.3) is 0 Å². The van der Waals surface area contributed by atoms with E-state index in [9.17, 15) is 4.79 Å². The molecule has 14 heavy (non-hydrogen) atoms. The van der Waals surface area contributed by atoms with Crippen LogP contribution in [-0.4, -0.2) is 10.6 Å². The molecule has 1 aromatic rings. The van der Waals surface area contributed by atoms with Crippen molar-refractivity contribution in [1.29, 1.82) is 0 Å². The van der Waals surface area contributed by atoms with Crippen molar-refractivity contribution < 1.29 is 4.79 Å². The van der Waals surface area contributed by atoms with E-state index in [-0.39, 0.29) is 10.6 Å². The molecular formula is C11H12Br2O. The van der Waals surface area contributed by atoms with Gasteiger partial charge in [0.2, 0.25) is 0 Å². The van der Waals surface area contributed by atoms with E-state index in [4.69, 9.17) is 0 Å². The largest absolute Gasteiger partial charge is 0.293 e. The molecule has 1 aromatic carbocycles. The van der Waals surface area contributed by atoms with Gasteiger partial charge in [-0.3, -0.25) is 4.79 Å². The lowest BCUT2D eigenvalue weighted by molar-refractivity contribution is 0.0995. The summed E-state index contributed by atoms with van der Waals surface area (Å²) < 4.78 is 0.966. The lowest BCUT2D eigenvalue weighted by atomic mass is 10.0. The SMILES string of the molecule is CCc1cc(Br)cc(C(=O)C(C)Br)c1. The molecule has 1 atom stereocenters. The highest BCUT2D eigenvalue weighted by Crippen LogP contribution is 2.19. The Labute approximate surface area is 101 Å². The lowest BCUT2D eigenvalue weighted by Crippen LogP contribution is -2.10. The van der Waals surface area contributed by atoms with Crippen molar-refractivity contribution in [2.24, 2.45) is 0 Å². The Morgan fingerprint density at radius 3 is 2.57 bits per heavy atom. The second kappa shape index (κ2) is 5.08. The van der Waals surface area contributed by atoms with Crippen LogP contribution in [0.1, 0.15) is 29.8 Å². The fourth-order valence-electron chi connectivity index (χ4n) is 1.23. The fraction of sp³-hybridized carbons (Fsp3) is 0.364. The molecular weight excluding hydrogens is 308 g/mol. The average molecular weight is 320 g/mol. The van der Waals surface area contributed by atoms with Crippen LogP contribution in [0.15, 0.2) is 22.7 Å². The minimum absolute atomic E-state index is 0.124. The van der Waals surface area contributed by atoms with Crippen molar-refractivity contribution in [2.75, 3.05) is 0 Å². The molecule has 0 radical (unpaired) electrons. The van der Waals surface area contributed by atoms with Crippen molar-refractivity contribution in [3.05, 3.63) is 33.8 Å². The Hall–Kier alpha value is -0.150. The molecule has 0 heterocycles. The first-order valence-corrected chi connectivity index (χ1v) is 6.23. The van der Waals surface area contributed by atoms with Crippen LogP contribution in [0.25, 0.3) is 0 Å². The zero-order chi connectivity index (χ0) is 10.7. The molecule has 3 heteroatoms. The minimum atomic E-state index is -0.124. The summed E-state index contributed by atoms with van der Waals surface area (Å²) in [5.41, 5.74) is 1.94. The molecule has 0 bridgehead atoms. The standard InChI is InChI=1S/C11H12Br2O/c1-3-8-4-9(6-10(13)5-8)11(14)7(2)12/h4-7H,3H2,1-2H3.